The Kier molecular flexibility index (Phi) is 6.12. The minimum Gasteiger partial charge on any atom is -0.337 e. The molecule has 1 aromatic rings. The molecule has 2 rings (SSSR count). The third-order valence-corrected chi connectivity index (χ3v) is 3.62. The molecule has 0 aromatic heterocycles. The molecule has 1 N–H and O–H groups in total. The highest BCUT2D eigenvalue weighted by Gasteiger charge is 2.22. The fraction of sp³-hybridized carbons (Fsp3) is 0.462. The molecular weight excluding hydrogens is 316 g/mol. The summed E-state index contributed by atoms with van der Waals surface area (Å²) in [6.07, 6.45) is 0.498. The lowest BCUT2D eigenvalue weighted by Gasteiger charge is -2.34. The topological polar surface area (TPSA) is 32.3 Å². The molecule has 1 aromatic carbocycles. The molecule has 0 bridgehead atoms. The fourth-order valence-electron chi connectivity index (χ4n) is 2.09. The number of carbonyl (C=O) groups is 1. The van der Waals surface area contributed by atoms with E-state index in [0.29, 0.717) is 12.5 Å². The van der Waals surface area contributed by atoms with E-state index in [9.17, 15) is 4.79 Å². The van der Waals surface area contributed by atoms with E-state index in [1.54, 1.807) is 0 Å². The Hall–Kier alpha value is -0.580. The van der Waals surface area contributed by atoms with Gasteiger partial charge in [0.2, 0.25) is 5.91 Å². The average Bonchev–Trinajstić information content (AvgIpc) is 2.32. The molecule has 18 heavy (non-hydrogen) atoms. The van der Waals surface area contributed by atoms with Gasteiger partial charge in [-0.1, -0.05) is 28.1 Å². The number of nitrogens with one attached hydrogen (secondary N) is 1. The van der Waals surface area contributed by atoms with Crippen molar-refractivity contribution in [2.24, 2.45) is 0 Å². The van der Waals surface area contributed by atoms with Gasteiger partial charge in [0, 0.05) is 30.1 Å². The average molecular weight is 334 g/mol. The second-order valence-corrected chi connectivity index (χ2v) is 5.36. The number of amides is 1. The van der Waals surface area contributed by atoms with Gasteiger partial charge >= 0.3 is 0 Å². The molecule has 0 unspecified atom stereocenters. The van der Waals surface area contributed by atoms with Gasteiger partial charge in [-0.2, -0.15) is 0 Å². The van der Waals surface area contributed by atoms with Crippen molar-refractivity contribution in [2.75, 3.05) is 19.6 Å². The first-order valence-electron chi connectivity index (χ1n) is 5.91. The molecule has 0 spiro atoms. The van der Waals surface area contributed by atoms with Crippen molar-refractivity contribution in [3.8, 4) is 0 Å². The number of piperazine rings is 1. The van der Waals surface area contributed by atoms with Crippen LogP contribution in [0.15, 0.2) is 28.7 Å². The van der Waals surface area contributed by atoms with Gasteiger partial charge in [-0.15, -0.1) is 12.4 Å². The zero-order chi connectivity index (χ0) is 12.3. The van der Waals surface area contributed by atoms with Crippen molar-refractivity contribution in [2.45, 2.75) is 19.4 Å². The van der Waals surface area contributed by atoms with Crippen LogP contribution in [0.3, 0.4) is 0 Å². The summed E-state index contributed by atoms with van der Waals surface area (Å²) < 4.78 is 1.05. The van der Waals surface area contributed by atoms with Crippen LogP contribution in [0, 0.1) is 0 Å². The van der Waals surface area contributed by atoms with E-state index >= 15 is 0 Å². The SMILES string of the molecule is C[C@H]1CNCCN1C(=O)Cc1ccc(Br)cc1.Cl. The van der Waals surface area contributed by atoms with Crippen LogP contribution in [0.1, 0.15) is 12.5 Å². The number of halogens is 2. The molecule has 1 aliphatic heterocycles. The first-order chi connectivity index (χ1) is 8.16. The van der Waals surface area contributed by atoms with Crippen molar-refractivity contribution in [3.05, 3.63) is 34.3 Å². The summed E-state index contributed by atoms with van der Waals surface area (Å²) in [5.74, 6) is 0.223. The second-order valence-electron chi connectivity index (χ2n) is 4.44. The van der Waals surface area contributed by atoms with Crippen molar-refractivity contribution >= 4 is 34.2 Å². The van der Waals surface area contributed by atoms with Gasteiger partial charge in [0.15, 0.2) is 0 Å². The van der Waals surface area contributed by atoms with Crippen LogP contribution >= 0.6 is 28.3 Å². The summed E-state index contributed by atoms with van der Waals surface area (Å²) in [5.41, 5.74) is 1.07. The zero-order valence-electron chi connectivity index (χ0n) is 10.4. The standard InChI is InChI=1S/C13H17BrN2O.ClH/c1-10-9-15-6-7-16(10)13(17)8-11-2-4-12(14)5-3-11;/h2-5,10,15H,6-9H2,1H3;1H/t10-;/m0./s1. The maximum atomic E-state index is 12.1. The van der Waals surface area contributed by atoms with Gasteiger partial charge in [0.1, 0.15) is 0 Å². The number of nitrogens with zero attached hydrogens (tertiary/aromatic N) is 1. The molecule has 1 aliphatic rings. The number of hydrogen-bond donors (Lipinski definition) is 1. The van der Waals surface area contributed by atoms with Crippen molar-refractivity contribution in [3.63, 3.8) is 0 Å². The van der Waals surface area contributed by atoms with Crippen LogP contribution < -0.4 is 5.32 Å². The largest absolute Gasteiger partial charge is 0.337 e. The number of hydrogen-bond acceptors (Lipinski definition) is 2. The Morgan fingerprint density at radius 3 is 2.72 bits per heavy atom. The first-order valence-corrected chi connectivity index (χ1v) is 6.71. The molecule has 1 saturated heterocycles. The Bertz CT molecular complexity index is 396. The van der Waals surface area contributed by atoms with Crippen LogP contribution in [-0.4, -0.2) is 36.5 Å². The van der Waals surface area contributed by atoms with Gasteiger partial charge in [-0.05, 0) is 24.6 Å². The molecule has 1 heterocycles. The predicted octanol–water partition coefficient (Wildman–Crippen LogP) is 2.23. The maximum Gasteiger partial charge on any atom is 0.227 e. The highest BCUT2D eigenvalue weighted by molar-refractivity contribution is 9.10. The molecule has 0 radical (unpaired) electrons. The summed E-state index contributed by atoms with van der Waals surface area (Å²) in [7, 11) is 0. The Morgan fingerprint density at radius 2 is 2.11 bits per heavy atom. The quantitative estimate of drug-likeness (QED) is 0.900. The normalized spacial score (nSPS) is 19.2. The number of benzene rings is 1. The van der Waals surface area contributed by atoms with E-state index in [0.717, 1.165) is 29.7 Å². The van der Waals surface area contributed by atoms with Gasteiger partial charge in [0.25, 0.3) is 0 Å². The summed E-state index contributed by atoms with van der Waals surface area (Å²) in [5, 5.41) is 3.29. The molecule has 100 valence electrons. The van der Waals surface area contributed by atoms with Crippen molar-refractivity contribution < 1.29 is 4.79 Å². The lowest BCUT2D eigenvalue weighted by Crippen LogP contribution is -2.52. The Balaban J connectivity index is 0.00000162. The maximum absolute atomic E-state index is 12.1. The summed E-state index contributed by atoms with van der Waals surface area (Å²) >= 11 is 3.39. The van der Waals surface area contributed by atoms with Crippen LogP contribution in [0.2, 0.25) is 0 Å². The van der Waals surface area contributed by atoms with E-state index in [4.69, 9.17) is 0 Å². The second kappa shape index (κ2) is 7.12. The third kappa shape index (κ3) is 3.97. The lowest BCUT2D eigenvalue weighted by molar-refractivity contribution is -0.133. The van der Waals surface area contributed by atoms with Gasteiger partial charge < -0.3 is 10.2 Å². The molecular formula is C13H18BrClN2O. The summed E-state index contributed by atoms with van der Waals surface area (Å²) in [4.78, 5) is 14.1. The van der Waals surface area contributed by atoms with E-state index < -0.39 is 0 Å². The van der Waals surface area contributed by atoms with Gasteiger partial charge in [0.05, 0.1) is 6.42 Å². The van der Waals surface area contributed by atoms with Crippen molar-refractivity contribution in [1.82, 2.24) is 10.2 Å². The highest BCUT2D eigenvalue weighted by atomic mass is 79.9. The molecule has 1 amide bonds. The minimum atomic E-state index is 0. The Morgan fingerprint density at radius 1 is 1.44 bits per heavy atom. The van der Waals surface area contributed by atoms with Crippen LogP contribution in [0.5, 0.6) is 0 Å². The molecule has 1 atom stereocenters. The predicted molar refractivity (Wildman–Crippen MR) is 79.1 cm³/mol. The van der Waals surface area contributed by atoms with Crippen molar-refractivity contribution in [1.29, 1.82) is 0 Å². The molecule has 3 nitrogen and oxygen atoms in total. The first kappa shape index (κ1) is 15.5. The third-order valence-electron chi connectivity index (χ3n) is 3.09. The highest BCUT2D eigenvalue weighted by Crippen LogP contribution is 2.12. The van der Waals surface area contributed by atoms with Crippen LogP contribution in [0.25, 0.3) is 0 Å². The zero-order valence-corrected chi connectivity index (χ0v) is 12.8. The van der Waals surface area contributed by atoms with E-state index in [1.807, 2.05) is 29.2 Å². The molecule has 5 heteroatoms. The van der Waals surface area contributed by atoms with Gasteiger partial charge in [-0.3, -0.25) is 4.79 Å². The molecule has 0 saturated carbocycles. The minimum absolute atomic E-state index is 0. The van der Waals surface area contributed by atoms with Crippen LogP contribution in [0.4, 0.5) is 0 Å². The number of rotatable bonds is 2. The smallest absolute Gasteiger partial charge is 0.227 e. The molecule has 1 fully saturated rings. The summed E-state index contributed by atoms with van der Waals surface area (Å²) in [6.45, 7) is 4.70. The summed E-state index contributed by atoms with van der Waals surface area (Å²) in [6, 6.07) is 8.24. The number of carbonyl (C=O) groups excluding carboxylic acids is 1. The van der Waals surface area contributed by atoms with E-state index in [2.05, 4.69) is 28.2 Å². The van der Waals surface area contributed by atoms with E-state index in [1.165, 1.54) is 0 Å². The lowest BCUT2D eigenvalue weighted by atomic mass is 10.1. The van der Waals surface area contributed by atoms with Gasteiger partial charge in [-0.25, -0.2) is 0 Å². The Labute approximate surface area is 122 Å². The molecule has 0 aliphatic carbocycles. The fourth-order valence-corrected chi connectivity index (χ4v) is 2.35. The van der Waals surface area contributed by atoms with Crippen LogP contribution in [-0.2, 0) is 11.2 Å². The van der Waals surface area contributed by atoms with E-state index in [-0.39, 0.29) is 18.3 Å². The monoisotopic (exact) mass is 332 g/mol.